The number of hydrogen-bond donors (Lipinski definition) is 0. The minimum Gasteiger partial charge on any atom is -0.436 e. The number of aldehydes is 1. The second-order valence-corrected chi connectivity index (χ2v) is 5.18. The maximum atomic E-state index is 10.8. The van der Waals surface area contributed by atoms with Crippen molar-refractivity contribution < 1.29 is 9.21 Å². The molecule has 0 aliphatic heterocycles. The topological polar surface area (TPSA) is 73.8 Å². The molecule has 0 saturated heterocycles. The van der Waals surface area contributed by atoms with Gasteiger partial charge >= 0.3 is 0 Å². The molecule has 3 heterocycles. The number of carbonyl (C=O) groups is 1. The third-order valence-electron chi connectivity index (χ3n) is 3.65. The maximum absolute atomic E-state index is 10.8. The van der Waals surface area contributed by atoms with Crippen LogP contribution in [0, 0.1) is 0 Å². The van der Waals surface area contributed by atoms with Crippen LogP contribution >= 0.6 is 0 Å². The van der Waals surface area contributed by atoms with Gasteiger partial charge in [0.15, 0.2) is 11.9 Å². The van der Waals surface area contributed by atoms with E-state index in [-0.39, 0.29) is 0 Å². The Balaban J connectivity index is 1.82. The van der Waals surface area contributed by atoms with Crippen LogP contribution < -0.4 is 0 Å². The summed E-state index contributed by atoms with van der Waals surface area (Å²) in [4.78, 5) is 23.4. The fourth-order valence-corrected chi connectivity index (χ4v) is 2.49. The van der Waals surface area contributed by atoms with Gasteiger partial charge in [-0.05, 0) is 24.3 Å². The monoisotopic (exact) mass is 304 g/mol. The van der Waals surface area contributed by atoms with E-state index >= 15 is 0 Å². The van der Waals surface area contributed by atoms with Crippen LogP contribution in [0.3, 0.4) is 0 Å². The molecule has 0 fully saturated rings. The van der Waals surface area contributed by atoms with Crippen LogP contribution in [0.25, 0.3) is 33.8 Å². The number of pyridine rings is 1. The van der Waals surface area contributed by atoms with Crippen LogP contribution in [0.4, 0.5) is 0 Å². The molecule has 0 N–H and O–H groups in total. The third kappa shape index (κ3) is 2.30. The van der Waals surface area contributed by atoms with Crippen molar-refractivity contribution in [2.45, 2.75) is 0 Å². The molecule has 0 atom stereocenters. The molecule has 0 spiro atoms. The van der Waals surface area contributed by atoms with Crippen molar-refractivity contribution in [1.82, 2.24) is 19.5 Å². The Hall–Kier alpha value is -3.28. The number of fused-ring (bicyclic) bond motifs is 1. The molecule has 0 saturated carbocycles. The lowest BCUT2D eigenvalue weighted by Crippen LogP contribution is -1.88. The molecule has 0 aliphatic rings. The number of imidazole rings is 1. The van der Waals surface area contributed by atoms with Crippen molar-refractivity contribution in [2.75, 3.05) is 0 Å². The second kappa shape index (κ2) is 5.17. The number of rotatable bonds is 3. The highest BCUT2D eigenvalue weighted by Crippen LogP contribution is 2.28. The Morgan fingerprint density at radius 3 is 2.87 bits per heavy atom. The van der Waals surface area contributed by atoms with E-state index in [9.17, 15) is 4.79 Å². The maximum Gasteiger partial charge on any atom is 0.227 e. The van der Waals surface area contributed by atoms with Gasteiger partial charge in [0.05, 0.1) is 18.2 Å². The predicted molar refractivity (Wildman–Crippen MR) is 84.8 cm³/mol. The average molecular weight is 304 g/mol. The van der Waals surface area contributed by atoms with Gasteiger partial charge in [-0.1, -0.05) is 6.07 Å². The lowest BCUT2D eigenvalue weighted by atomic mass is 10.1. The van der Waals surface area contributed by atoms with Crippen LogP contribution in [0.2, 0.25) is 0 Å². The molecule has 23 heavy (non-hydrogen) atoms. The molecule has 4 rings (SSSR count). The SMILES string of the molecule is Cn1cncc1-c1ccc2nc(-c3ccnc(C=O)c3)oc2c1. The van der Waals surface area contributed by atoms with Gasteiger partial charge in [-0.3, -0.25) is 9.78 Å². The van der Waals surface area contributed by atoms with E-state index in [1.54, 1.807) is 30.9 Å². The van der Waals surface area contributed by atoms with E-state index < -0.39 is 0 Å². The molecule has 1 aromatic carbocycles. The van der Waals surface area contributed by atoms with Crippen molar-refractivity contribution in [1.29, 1.82) is 0 Å². The van der Waals surface area contributed by atoms with E-state index in [0.29, 0.717) is 23.5 Å². The van der Waals surface area contributed by atoms with Crippen molar-refractivity contribution in [3.8, 4) is 22.7 Å². The van der Waals surface area contributed by atoms with Crippen molar-refractivity contribution in [3.05, 3.63) is 54.7 Å². The summed E-state index contributed by atoms with van der Waals surface area (Å²) in [7, 11) is 1.94. The number of hydrogen-bond acceptors (Lipinski definition) is 5. The molecule has 6 heteroatoms. The summed E-state index contributed by atoms with van der Waals surface area (Å²) < 4.78 is 7.79. The van der Waals surface area contributed by atoms with Crippen molar-refractivity contribution in [3.63, 3.8) is 0 Å². The molecule has 6 nitrogen and oxygen atoms in total. The summed E-state index contributed by atoms with van der Waals surface area (Å²) in [6.45, 7) is 0. The number of aryl methyl sites for hydroxylation is 1. The quantitative estimate of drug-likeness (QED) is 0.544. The zero-order valence-corrected chi connectivity index (χ0v) is 12.3. The molecular formula is C17H12N4O2. The van der Waals surface area contributed by atoms with Gasteiger partial charge < -0.3 is 8.98 Å². The van der Waals surface area contributed by atoms with Gasteiger partial charge in [0.1, 0.15) is 11.2 Å². The fraction of sp³-hybridized carbons (Fsp3) is 0.0588. The van der Waals surface area contributed by atoms with Gasteiger partial charge in [0.25, 0.3) is 0 Å². The van der Waals surface area contributed by atoms with Gasteiger partial charge in [0, 0.05) is 24.4 Å². The average Bonchev–Trinajstić information content (AvgIpc) is 3.20. The smallest absolute Gasteiger partial charge is 0.227 e. The van der Waals surface area contributed by atoms with Crippen LogP contribution in [-0.4, -0.2) is 25.8 Å². The molecule has 0 unspecified atom stereocenters. The van der Waals surface area contributed by atoms with Crippen molar-refractivity contribution >= 4 is 17.4 Å². The van der Waals surface area contributed by atoms with E-state index in [1.165, 1.54) is 0 Å². The molecule has 0 radical (unpaired) electrons. The number of nitrogens with zero attached hydrogens (tertiary/aromatic N) is 4. The summed E-state index contributed by atoms with van der Waals surface area (Å²) >= 11 is 0. The van der Waals surface area contributed by atoms with E-state index in [0.717, 1.165) is 22.3 Å². The molecule has 4 aromatic rings. The fourth-order valence-electron chi connectivity index (χ4n) is 2.49. The van der Waals surface area contributed by atoms with E-state index in [4.69, 9.17) is 4.42 Å². The Labute approximate surface area is 131 Å². The second-order valence-electron chi connectivity index (χ2n) is 5.18. The highest BCUT2D eigenvalue weighted by atomic mass is 16.3. The Morgan fingerprint density at radius 2 is 2.09 bits per heavy atom. The lowest BCUT2D eigenvalue weighted by Gasteiger charge is -2.01. The standard InChI is InChI=1S/C17H12N4O2/c1-21-10-18-8-15(21)11-2-3-14-16(7-11)23-17(20-14)12-4-5-19-13(6-12)9-22/h2-10H,1H3. The van der Waals surface area contributed by atoms with Crippen molar-refractivity contribution in [2.24, 2.45) is 7.05 Å². The summed E-state index contributed by atoms with van der Waals surface area (Å²) in [5.74, 6) is 0.465. The zero-order valence-electron chi connectivity index (χ0n) is 12.3. The van der Waals surface area contributed by atoms with Gasteiger partial charge in [-0.2, -0.15) is 0 Å². The summed E-state index contributed by atoms with van der Waals surface area (Å²) in [5.41, 5.74) is 4.51. The van der Waals surface area contributed by atoms with Gasteiger partial charge in [0.2, 0.25) is 5.89 Å². The minimum absolute atomic E-state index is 0.348. The van der Waals surface area contributed by atoms with Crippen LogP contribution in [0.5, 0.6) is 0 Å². The highest BCUT2D eigenvalue weighted by Gasteiger charge is 2.11. The number of carbonyl (C=O) groups excluding carboxylic acids is 1. The van der Waals surface area contributed by atoms with E-state index in [1.807, 2.05) is 29.8 Å². The Bertz CT molecular complexity index is 1020. The zero-order chi connectivity index (χ0) is 15.8. The first-order valence-corrected chi connectivity index (χ1v) is 7.03. The highest BCUT2D eigenvalue weighted by molar-refractivity contribution is 5.82. The summed E-state index contributed by atoms with van der Waals surface area (Å²) in [5, 5.41) is 0. The molecule has 0 aliphatic carbocycles. The number of benzene rings is 1. The minimum atomic E-state index is 0.348. The van der Waals surface area contributed by atoms with Gasteiger partial charge in [-0.25, -0.2) is 9.97 Å². The van der Waals surface area contributed by atoms with E-state index in [2.05, 4.69) is 15.0 Å². The van der Waals surface area contributed by atoms with Crippen LogP contribution in [0.15, 0.2) is 53.5 Å². The Morgan fingerprint density at radius 1 is 1.17 bits per heavy atom. The largest absolute Gasteiger partial charge is 0.436 e. The summed E-state index contributed by atoms with van der Waals surface area (Å²) in [6, 6.07) is 9.24. The molecule has 0 bridgehead atoms. The molecular weight excluding hydrogens is 292 g/mol. The molecule has 3 aromatic heterocycles. The first kappa shape index (κ1) is 13.4. The third-order valence-corrected chi connectivity index (χ3v) is 3.65. The molecule has 112 valence electrons. The van der Waals surface area contributed by atoms with Crippen LogP contribution in [-0.2, 0) is 7.05 Å². The predicted octanol–water partition coefficient (Wildman–Crippen LogP) is 3.10. The summed E-state index contributed by atoms with van der Waals surface area (Å²) in [6.07, 6.45) is 5.82. The van der Waals surface area contributed by atoms with Gasteiger partial charge in [-0.15, -0.1) is 0 Å². The number of aromatic nitrogens is 4. The molecule has 0 amide bonds. The number of oxazole rings is 1. The normalized spacial score (nSPS) is 11.0. The first-order chi connectivity index (χ1) is 11.2. The van der Waals surface area contributed by atoms with Crippen LogP contribution in [0.1, 0.15) is 10.5 Å². The first-order valence-electron chi connectivity index (χ1n) is 7.03. The Kier molecular flexibility index (Phi) is 3.01. The lowest BCUT2D eigenvalue weighted by molar-refractivity contribution is 0.111.